The molecule has 8 rings (SSSR count). The number of hydrogen-bond acceptors (Lipinski definition) is 17. The minimum absolute atomic E-state index is 0.0475. The molecule has 2 fully saturated rings. The lowest BCUT2D eigenvalue weighted by Gasteiger charge is -2.27. The third-order valence-electron chi connectivity index (χ3n) is 12.2. The Morgan fingerprint density at radius 1 is 0.880 bits per heavy atom. The molecule has 75 heavy (non-hydrogen) atoms. The lowest BCUT2D eigenvalue weighted by atomic mass is 10.0. The number of aromatic amines is 1. The average Bonchev–Trinajstić information content (AvgIpc) is 4.24. The molecule has 5 N–H and O–H groups in total. The van der Waals surface area contributed by atoms with E-state index in [-0.39, 0.29) is 47.2 Å². The number of nitrogens with one attached hydrogen (secondary N) is 5. The highest BCUT2D eigenvalue weighted by Gasteiger charge is 2.45. The van der Waals surface area contributed by atoms with Gasteiger partial charge in [-0.15, -0.1) is 13.9 Å². The molecule has 6 amide bonds. The number of imide groups is 2. The van der Waals surface area contributed by atoms with Crippen LogP contribution in [0.15, 0.2) is 73.2 Å². The number of H-pyrrole nitrogens is 1. The van der Waals surface area contributed by atoms with Crippen LogP contribution in [0, 0.1) is 0 Å². The third-order valence-corrected chi connectivity index (χ3v) is 12.2. The van der Waals surface area contributed by atoms with Crippen LogP contribution in [0.5, 0.6) is 5.75 Å². The Labute approximate surface area is 433 Å². The van der Waals surface area contributed by atoms with Gasteiger partial charge in [-0.1, -0.05) is 11.3 Å². The molecule has 2 atom stereocenters. The van der Waals surface area contributed by atoms with Crippen molar-refractivity contribution in [3.63, 3.8) is 0 Å². The van der Waals surface area contributed by atoms with Gasteiger partial charge in [0.1, 0.15) is 17.6 Å². The van der Waals surface area contributed by atoms with Crippen LogP contribution in [-0.2, 0) is 46.3 Å². The standard InChI is InChI=1S/C49H55ClF2N12O11/c50-49(51,52)75-35-9-7-32(8-10-35)57-45(67)31-27-37(38-13-15-55-60-38)44(54-28-31)62-17-14-33(29-62)56-41(65)6-1-3-34-30-63(61-59-34)18-20-72-22-24-74-26-25-73-23-21-71-19-16-53-39-5-2-4-36-43(39)48(70)64(47(36)69)40-11-12-42(66)58-46(40)68/h2,4-5,7-10,13,15,27-28,30,33,40,53H,1,3,6,11-12,14,16-26,29H2,(H,55,60)(H,56,65)(H,57,67)(H,58,66,68). The number of alkyl halides is 3. The fraction of sp³-hybridized carbons (Fsp3) is 0.429. The van der Waals surface area contributed by atoms with E-state index in [4.69, 9.17) is 30.5 Å². The maximum Gasteiger partial charge on any atom is 0.487 e. The van der Waals surface area contributed by atoms with Gasteiger partial charge in [-0.25, -0.2) is 9.67 Å². The number of carbonyl (C=O) groups excluding carboxylic acids is 6. The lowest BCUT2D eigenvalue weighted by Crippen LogP contribution is -2.54. The number of amides is 6. The molecule has 3 aromatic heterocycles. The molecule has 2 aromatic carbocycles. The highest BCUT2D eigenvalue weighted by molar-refractivity contribution is 6.25. The van der Waals surface area contributed by atoms with E-state index in [0.29, 0.717) is 133 Å². The zero-order valence-corrected chi connectivity index (χ0v) is 41.3. The summed E-state index contributed by atoms with van der Waals surface area (Å²) in [6.07, 6.45) is 7.18. The second-order valence-corrected chi connectivity index (χ2v) is 17.9. The smallest absolute Gasteiger partial charge is 0.420 e. The van der Waals surface area contributed by atoms with Crippen molar-refractivity contribution in [1.29, 1.82) is 0 Å². The molecule has 2 saturated heterocycles. The van der Waals surface area contributed by atoms with Crippen LogP contribution in [0.3, 0.4) is 0 Å². The monoisotopic (exact) mass is 1060 g/mol. The molecule has 3 aliphatic rings. The first-order valence-corrected chi connectivity index (χ1v) is 24.7. The number of hydrogen-bond donors (Lipinski definition) is 5. The minimum atomic E-state index is -3.86. The summed E-state index contributed by atoms with van der Waals surface area (Å²) in [6.45, 7) is 4.91. The number of anilines is 3. The van der Waals surface area contributed by atoms with Crippen molar-refractivity contribution >= 4 is 64.2 Å². The maximum absolute atomic E-state index is 13.2. The molecular formula is C49H55ClF2N12O11. The van der Waals surface area contributed by atoms with Gasteiger partial charge in [-0.2, -0.15) is 5.10 Å². The number of nitrogens with zero attached hydrogens (tertiary/aromatic N) is 7. The number of halogens is 3. The van der Waals surface area contributed by atoms with Gasteiger partial charge in [0.25, 0.3) is 17.7 Å². The van der Waals surface area contributed by atoms with Gasteiger partial charge in [-0.05, 0) is 74.2 Å². The predicted octanol–water partition coefficient (Wildman–Crippen LogP) is 3.78. The molecule has 26 heteroatoms. The number of ether oxygens (including phenoxy) is 5. The van der Waals surface area contributed by atoms with Crippen LogP contribution in [0.4, 0.5) is 26.0 Å². The Kier molecular flexibility index (Phi) is 18.4. The number of piperidine rings is 1. The second kappa shape index (κ2) is 25.7. The lowest BCUT2D eigenvalue weighted by molar-refractivity contribution is -0.136. The van der Waals surface area contributed by atoms with Crippen molar-refractivity contribution in [2.45, 2.75) is 62.7 Å². The Hall–Kier alpha value is -7.45. The van der Waals surface area contributed by atoms with Gasteiger partial charge in [0.15, 0.2) is 0 Å². The van der Waals surface area contributed by atoms with Crippen molar-refractivity contribution < 1.29 is 61.2 Å². The summed E-state index contributed by atoms with van der Waals surface area (Å²) in [4.78, 5) is 84.0. The van der Waals surface area contributed by atoms with E-state index in [9.17, 15) is 37.5 Å². The fourth-order valence-electron chi connectivity index (χ4n) is 8.58. The molecule has 5 aromatic rings. The largest absolute Gasteiger partial charge is 0.487 e. The van der Waals surface area contributed by atoms with E-state index in [2.05, 4.69) is 51.5 Å². The molecule has 3 aliphatic heterocycles. The van der Waals surface area contributed by atoms with Gasteiger partial charge in [-0.3, -0.25) is 44.1 Å². The Balaban J connectivity index is 0.640. The molecule has 2 unspecified atom stereocenters. The summed E-state index contributed by atoms with van der Waals surface area (Å²) in [5.74, 6) is -2.34. The Morgan fingerprint density at radius 2 is 1.63 bits per heavy atom. The molecule has 0 radical (unpaired) electrons. The van der Waals surface area contributed by atoms with Crippen molar-refractivity contribution in [3.8, 4) is 17.0 Å². The van der Waals surface area contributed by atoms with Crippen molar-refractivity contribution in [1.82, 2.24) is 45.7 Å². The van der Waals surface area contributed by atoms with Gasteiger partial charge in [0, 0.05) is 85.6 Å². The van der Waals surface area contributed by atoms with Gasteiger partial charge in [0.2, 0.25) is 17.7 Å². The molecule has 0 spiro atoms. The van der Waals surface area contributed by atoms with E-state index >= 15 is 0 Å². The predicted molar refractivity (Wildman–Crippen MR) is 264 cm³/mol. The average molecular weight is 1060 g/mol. The first-order valence-electron chi connectivity index (χ1n) is 24.3. The van der Waals surface area contributed by atoms with Crippen molar-refractivity contribution in [2.75, 3.05) is 88.0 Å². The van der Waals surface area contributed by atoms with E-state index in [1.165, 1.54) is 36.5 Å². The van der Waals surface area contributed by atoms with Crippen LogP contribution in [0.1, 0.15) is 68.9 Å². The zero-order chi connectivity index (χ0) is 52.7. The summed E-state index contributed by atoms with van der Waals surface area (Å²) in [5, 5.41) is 26.6. The number of fused-ring (bicyclic) bond motifs is 1. The van der Waals surface area contributed by atoms with Gasteiger partial charge < -0.3 is 44.5 Å². The number of rotatable bonds is 28. The molecular weight excluding hydrogens is 1010 g/mol. The molecule has 398 valence electrons. The maximum atomic E-state index is 13.2. The first kappa shape index (κ1) is 53.8. The summed E-state index contributed by atoms with van der Waals surface area (Å²) in [7, 11) is 0. The second-order valence-electron chi connectivity index (χ2n) is 17.5. The third kappa shape index (κ3) is 14.9. The molecule has 23 nitrogen and oxygen atoms in total. The summed E-state index contributed by atoms with van der Waals surface area (Å²) >= 11 is 4.83. The van der Waals surface area contributed by atoms with Crippen molar-refractivity contribution in [2.24, 2.45) is 0 Å². The van der Waals surface area contributed by atoms with Crippen LogP contribution in [0.2, 0.25) is 0 Å². The molecule has 0 saturated carbocycles. The molecule has 6 heterocycles. The van der Waals surface area contributed by atoms with Crippen LogP contribution in [-0.4, -0.2) is 161 Å². The summed E-state index contributed by atoms with van der Waals surface area (Å²) < 4.78 is 54.4. The fourth-order valence-corrected chi connectivity index (χ4v) is 8.67. The SMILES string of the molecule is O=C1CCC(N2C(=O)c3cccc(NCCOCCOCCOCCOCCn4cc(CCCC(=O)NC5CCN(c6ncc(C(=O)Nc7ccc(OC(F)(F)Cl)cc7)cc6-c6ccn[nH]6)C5)nn4)c3C2=O)C(=O)N1. The van der Waals surface area contributed by atoms with Crippen molar-refractivity contribution in [3.05, 3.63) is 95.6 Å². The highest BCUT2D eigenvalue weighted by Crippen LogP contribution is 2.34. The number of aromatic nitrogens is 6. The number of benzene rings is 2. The van der Waals surface area contributed by atoms with Crippen LogP contribution < -0.4 is 30.9 Å². The quantitative estimate of drug-likeness (QED) is 0.0271. The van der Waals surface area contributed by atoms with Gasteiger partial charge in [0.05, 0.1) is 87.5 Å². The minimum Gasteiger partial charge on any atom is -0.420 e. The Morgan fingerprint density at radius 3 is 2.35 bits per heavy atom. The zero-order valence-electron chi connectivity index (χ0n) is 40.6. The topological polar surface area (TPSA) is 275 Å². The normalized spacial score (nSPS) is 16.6. The van der Waals surface area contributed by atoms with E-state index in [1.807, 2.05) is 11.1 Å². The van der Waals surface area contributed by atoms with Crippen LogP contribution >= 0.6 is 11.6 Å². The molecule has 0 aliphatic carbocycles. The van der Waals surface area contributed by atoms with E-state index < -0.39 is 41.1 Å². The van der Waals surface area contributed by atoms with Gasteiger partial charge >= 0.3 is 5.57 Å². The summed E-state index contributed by atoms with van der Waals surface area (Å²) in [6, 6.07) is 12.5. The first-order chi connectivity index (χ1) is 36.3. The number of carbonyl (C=O) groups is 6. The highest BCUT2D eigenvalue weighted by atomic mass is 35.5. The summed E-state index contributed by atoms with van der Waals surface area (Å²) in [5.41, 5.74) is -0.372. The van der Waals surface area contributed by atoms with Crippen LogP contribution in [0.25, 0.3) is 11.3 Å². The molecule has 0 bridgehead atoms. The number of pyridine rings is 1. The Bertz CT molecular complexity index is 2800. The van der Waals surface area contributed by atoms with E-state index in [0.717, 1.165) is 10.6 Å². The van der Waals surface area contributed by atoms with E-state index in [1.54, 1.807) is 35.1 Å². The number of aryl methyl sites for hydroxylation is 1.